The van der Waals surface area contributed by atoms with E-state index in [1.807, 2.05) is 6.92 Å². The minimum atomic E-state index is -0.407. The summed E-state index contributed by atoms with van der Waals surface area (Å²) in [5.74, 6) is -0.701. The van der Waals surface area contributed by atoms with Gasteiger partial charge in [-0.2, -0.15) is 0 Å². The van der Waals surface area contributed by atoms with Crippen LogP contribution in [0.3, 0.4) is 0 Å². The topological polar surface area (TPSA) is 52.6 Å². The second kappa shape index (κ2) is 6.03. The molecular formula is C13H16O4. The van der Waals surface area contributed by atoms with Crippen molar-refractivity contribution >= 4 is 11.9 Å². The van der Waals surface area contributed by atoms with Gasteiger partial charge in [-0.25, -0.2) is 4.79 Å². The van der Waals surface area contributed by atoms with Gasteiger partial charge in [0.2, 0.25) is 0 Å². The molecule has 0 saturated carbocycles. The molecule has 0 amide bonds. The molecule has 4 heteroatoms. The first-order valence-electron chi connectivity index (χ1n) is 5.42. The van der Waals surface area contributed by atoms with Crippen LogP contribution >= 0.6 is 0 Å². The average Bonchev–Trinajstić information content (AvgIpc) is 2.31. The standard InChI is InChI=1S/C13H16O4/c1-4-17-12(14)8-11-7-10(13(15)16-3)6-5-9(11)2/h5-7H,4,8H2,1-3H3. The molecule has 0 atom stereocenters. The van der Waals surface area contributed by atoms with Crippen LogP contribution in [-0.2, 0) is 20.7 Å². The number of hydrogen-bond acceptors (Lipinski definition) is 4. The van der Waals surface area contributed by atoms with Crippen LogP contribution in [-0.4, -0.2) is 25.7 Å². The number of hydrogen-bond donors (Lipinski definition) is 0. The zero-order valence-electron chi connectivity index (χ0n) is 10.3. The quantitative estimate of drug-likeness (QED) is 0.749. The van der Waals surface area contributed by atoms with Crippen LogP contribution in [0.1, 0.15) is 28.4 Å². The van der Waals surface area contributed by atoms with Crippen molar-refractivity contribution in [3.8, 4) is 0 Å². The smallest absolute Gasteiger partial charge is 0.337 e. The summed E-state index contributed by atoms with van der Waals surface area (Å²) in [6.07, 6.45) is 0.171. The van der Waals surface area contributed by atoms with Crippen molar-refractivity contribution in [2.75, 3.05) is 13.7 Å². The van der Waals surface area contributed by atoms with Gasteiger partial charge in [0, 0.05) is 0 Å². The van der Waals surface area contributed by atoms with Crippen molar-refractivity contribution < 1.29 is 19.1 Å². The maximum Gasteiger partial charge on any atom is 0.337 e. The van der Waals surface area contributed by atoms with Crippen LogP contribution in [0.5, 0.6) is 0 Å². The summed E-state index contributed by atoms with van der Waals surface area (Å²) >= 11 is 0. The van der Waals surface area contributed by atoms with E-state index in [9.17, 15) is 9.59 Å². The van der Waals surface area contributed by atoms with Crippen LogP contribution in [0, 0.1) is 6.92 Å². The van der Waals surface area contributed by atoms with Crippen LogP contribution in [0.4, 0.5) is 0 Å². The summed E-state index contributed by atoms with van der Waals surface area (Å²) < 4.78 is 9.50. The molecule has 0 heterocycles. The summed E-state index contributed by atoms with van der Waals surface area (Å²) in [6, 6.07) is 5.13. The lowest BCUT2D eigenvalue weighted by Gasteiger charge is -2.07. The summed E-state index contributed by atoms with van der Waals surface area (Å²) in [5.41, 5.74) is 2.18. The molecule has 1 rings (SSSR count). The van der Waals surface area contributed by atoms with E-state index in [4.69, 9.17) is 4.74 Å². The van der Waals surface area contributed by atoms with Crippen molar-refractivity contribution in [2.45, 2.75) is 20.3 Å². The first-order valence-corrected chi connectivity index (χ1v) is 5.42. The molecule has 0 N–H and O–H groups in total. The fourth-order valence-corrected chi connectivity index (χ4v) is 1.47. The van der Waals surface area contributed by atoms with Crippen molar-refractivity contribution in [1.29, 1.82) is 0 Å². The number of esters is 2. The number of methoxy groups -OCH3 is 1. The molecule has 0 unspecified atom stereocenters. The van der Waals surface area contributed by atoms with Gasteiger partial charge in [-0.05, 0) is 37.1 Å². The van der Waals surface area contributed by atoms with Gasteiger partial charge < -0.3 is 9.47 Å². The first kappa shape index (κ1) is 13.2. The number of aryl methyl sites for hydroxylation is 1. The summed E-state index contributed by atoms with van der Waals surface area (Å²) in [4.78, 5) is 22.7. The molecule has 1 aromatic carbocycles. The molecule has 0 aliphatic carbocycles. The molecular weight excluding hydrogens is 220 g/mol. The third-order valence-corrected chi connectivity index (χ3v) is 2.41. The van der Waals surface area contributed by atoms with Crippen LogP contribution in [0.15, 0.2) is 18.2 Å². The van der Waals surface area contributed by atoms with Gasteiger partial charge in [0.1, 0.15) is 0 Å². The van der Waals surface area contributed by atoms with E-state index in [0.29, 0.717) is 12.2 Å². The second-order valence-corrected chi connectivity index (χ2v) is 3.61. The highest BCUT2D eigenvalue weighted by atomic mass is 16.5. The predicted octanol–water partition coefficient (Wildman–Crippen LogP) is 1.89. The lowest BCUT2D eigenvalue weighted by atomic mass is 10.0. The van der Waals surface area contributed by atoms with Crippen molar-refractivity contribution in [3.63, 3.8) is 0 Å². The highest BCUT2D eigenvalue weighted by Crippen LogP contribution is 2.13. The Morgan fingerprint density at radius 1 is 1.29 bits per heavy atom. The summed E-state index contributed by atoms with van der Waals surface area (Å²) in [7, 11) is 1.33. The van der Waals surface area contributed by atoms with Gasteiger partial charge in [-0.15, -0.1) is 0 Å². The molecule has 0 aliphatic heterocycles. The van der Waals surface area contributed by atoms with Crippen molar-refractivity contribution in [2.24, 2.45) is 0 Å². The Balaban J connectivity index is 2.90. The van der Waals surface area contributed by atoms with Gasteiger partial charge in [0.15, 0.2) is 0 Å². The summed E-state index contributed by atoms with van der Waals surface area (Å²) in [6.45, 7) is 4.00. The molecule has 0 bridgehead atoms. The third kappa shape index (κ3) is 3.59. The Labute approximate surface area is 101 Å². The van der Waals surface area contributed by atoms with Gasteiger partial charge in [0.25, 0.3) is 0 Å². The van der Waals surface area contributed by atoms with E-state index in [0.717, 1.165) is 11.1 Å². The maximum absolute atomic E-state index is 11.4. The molecule has 92 valence electrons. The lowest BCUT2D eigenvalue weighted by molar-refractivity contribution is -0.142. The molecule has 0 spiro atoms. The largest absolute Gasteiger partial charge is 0.466 e. The highest BCUT2D eigenvalue weighted by Gasteiger charge is 2.11. The zero-order chi connectivity index (χ0) is 12.8. The molecule has 0 saturated heterocycles. The number of carbonyl (C=O) groups is 2. The molecule has 0 aromatic heterocycles. The van der Waals surface area contributed by atoms with E-state index in [1.165, 1.54) is 7.11 Å². The van der Waals surface area contributed by atoms with E-state index < -0.39 is 5.97 Å². The number of ether oxygens (including phenoxy) is 2. The number of benzene rings is 1. The Hall–Kier alpha value is -1.84. The zero-order valence-corrected chi connectivity index (χ0v) is 10.3. The predicted molar refractivity (Wildman–Crippen MR) is 62.9 cm³/mol. The van der Waals surface area contributed by atoms with Crippen LogP contribution < -0.4 is 0 Å². The Morgan fingerprint density at radius 3 is 2.59 bits per heavy atom. The number of rotatable bonds is 4. The molecule has 4 nitrogen and oxygen atoms in total. The van der Waals surface area contributed by atoms with Crippen LogP contribution in [0.25, 0.3) is 0 Å². The molecule has 1 aromatic rings. The van der Waals surface area contributed by atoms with Gasteiger partial charge in [-0.3, -0.25) is 4.79 Å². The SMILES string of the molecule is CCOC(=O)Cc1cc(C(=O)OC)ccc1C. The Bertz CT molecular complexity index is 423. The fourth-order valence-electron chi connectivity index (χ4n) is 1.47. The number of carbonyl (C=O) groups excluding carboxylic acids is 2. The Morgan fingerprint density at radius 2 is 2.00 bits per heavy atom. The van der Waals surface area contributed by atoms with Gasteiger partial charge in [0.05, 0.1) is 25.7 Å². The summed E-state index contributed by atoms with van der Waals surface area (Å²) in [5, 5.41) is 0. The first-order chi connectivity index (χ1) is 8.08. The molecule has 0 fully saturated rings. The van der Waals surface area contributed by atoms with Crippen LogP contribution in [0.2, 0.25) is 0 Å². The van der Waals surface area contributed by atoms with Gasteiger partial charge in [-0.1, -0.05) is 6.07 Å². The maximum atomic E-state index is 11.4. The van der Waals surface area contributed by atoms with Gasteiger partial charge >= 0.3 is 11.9 Å². The second-order valence-electron chi connectivity index (χ2n) is 3.61. The van der Waals surface area contributed by atoms with E-state index >= 15 is 0 Å². The highest BCUT2D eigenvalue weighted by molar-refractivity contribution is 5.90. The molecule has 0 radical (unpaired) electrons. The fraction of sp³-hybridized carbons (Fsp3) is 0.385. The van der Waals surface area contributed by atoms with Crippen molar-refractivity contribution in [1.82, 2.24) is 0 Å². The minimum absolute atomic E-state index is 0.171. The molecule has 0 aliphatic rings. The monoisotopic (exact) mass is 236 g/mol. The van der Waals surface area contributed by atoms with E-state index in [-0.39, 0.29) is 12.4 Å². The lowest BCUT2D eigenvalue weighted by Crippen LogP contribution is -2.10. The minimum Gasteiger partial charge on any atom is -0.466 e. The van der Waals surface area contributed by atoms with Crippen molar-refractivity contribution in [3.05, 3.63) is 34.9 Å². The molecule has 17 heavy (non-hydrogen) atoms. The average molecular weight is 236 g/mol. The Kier molecular flexibility index (Phi) is 4.69. The van der Waals surface area contributed by atoms with E-state index in [2.05, 4.69) is 4.74 Å². The third-order valence-electron chi connectivity index (χ3n) is 2.41. The normalized spacial score (nSPS) is 9.82. The van der Waals surface area contributed by atoms with E-state index in [1.54, 1.807) is 25.1 Å².